The van der Waals surface area contributed by atoms with E-state index in [0.717, 1.165) is 25.7 Å². The Hall–Kier alpha value is -2.31. The summed E-state index contributed by atoms with van der Waals surface area (Å²) in [6.45, 7) is 2.17. The third-order valence-corrected chi connectivity index (χ3v) is 4.46. The summed E-state index contributed by atoms with van der Waals surface area (Å²) < 4.78 is 10.6. The average Bonchev–Trinajstić information content (AvgIpc) is 2.56. The van der Waals surface area contributed by atoms with Crippen molar-refractivity contribution in [1.82, 2.24) is 5.32 Å². The van der Waals surface area contributed by atoms with Crippen LogP contribution in [0.4, 0.5) is 5.69 Å². The number of nitro groups is 1. The number of nitrogens with one attached hydrogen (secondary N) is 1. The topological polar surface area (TPSA) is 90.7 Å². The molecular formula is C18H26N2O5. The van der Waals surface area contributed by atoms with E-state index < -0.39 is 10.8 Å². The predicted octanol–water partition coefficient (Wildman–Crippen LogP) is 3.84. The van der Waals surface area contributed by atoms with Gasteiger partial charge in [0.2, 0.25) is 0 Å². The van der Waals surface area contributed by atoms with Crippen molar-refractivity contribution >= 4 is 11.6 Å². The van der Waals surface area contributed by atoms with Gasteiger partial charge in [-0.25, -0.2) is 0 Å². The van der Waals surface area contributed by atoms with Gasteiger partial charge in [-0.3, -0.25) is 14.9 Å². The number of carbonyl (C=O) groups excluding carboxylic acids is 1. The molecule has 25 heavy (non-hydrogen) atoms. The molecule has 0 atom stereocenters. The number of nitrogens with zero attached hydrogens (tertiary/aromatic N) is 1. The summed E-state index contributed by atoms with van der Waals surface area (Å²) in [5.74, 6) is 0.148. The first-order valence-corrected chi connectivity index (χ1v) is 8.87. The Morgan fingerprint density at radius 2 is 1.84 bits per heavy atom. The lowest BCUT2D eigenvalue weighted by Crippen LogP contribution is -2.35. The van der Waals surface area contributed by atoms with E-state index in [1.54, 1.807) is 6.92 Å². The van der Waals surface area contributed by atoms with E-state index in [9.17, 15) is 14.9 Å². The van der Waals surface area contributed by atoms with Gasteiger partial charge in [0.25, 0.3) is 11.6 Å². The molecule has 0 bridgehead atoms. The molecule has 7 heteroatoms. The van der Waals surface area contributed by atoms with Gasteiger partial charge in [-0.1, -0.05) is 32.1 Å². The first-order valence-electron chi connectivity index (χ1n) is 8.87. The maximum absolute atomic E-state index is 12.7. The Balaban J connectivity index is 2.26. The number of rotatable bonds is 6. The smallest absolute Gasteiger partial charge is 0.286 e. The van der Waals surface area contributed by atoms with E-state index in [-0.39, 0.29) is 23.0 Å². The Bertz CT molecular complexity index is 610. The molecular weight excluding hydrogens is 324 g/mol. The van der Waals surface area contributed by atoms with Crippen LogP contribution in [0.2, 0.25) is 0 Å². The van der Waals surface area contributed by atoms with Crippen LogP contribution in [-0.2, 0) is 0 Å². The van der Waals surface area contributed by atoms with E-state index in [2.05, 4.69) is 5.32 Å². The zero-order valence-electron chi connectivity index (χ0n) is 14.9. The molecule has 0 heterocycles. The number of carbonyl (C=O) groups is 1. The van der Waals surface area contributed by atoms with Gasteiger partial charge in [-0.2, -0.15) is 0 Å². The summed E-state index contributed by atoms with van der Waals surface area (Å²) in [7, 11) is 1.41. The summed E-state index contributed by atoms with van der Waals surface area (Å²) in [5.41, 5.74) is -0.264. The zero-order valence-corrected chi connectivity index (χ0v) is 14.9. The Kier molecular flexibility index (Phi) is 7.03. The first-order chi connectivity index (χ1) is 12.1. The third kappa shape index (κ3) is 5.08. The lowest BCUT2D eigenvalue weighted by molar-refractivity contribution is -0.385. The average molecular weight is 350 g/mol. The van der Waals surface area contributed by atoms with Crippen molar-refractivity contribution in [1.29, 1.82) is 0 Å². The molecule has 0 aliphatic heterocycles. The second-order valence-corrected chi connectivity index (χ2v) is 6.23. The predicted molar refractivity (Wildman–Crippen MR) is 94.4 cm³/mol. The molecule has 0 aromatic heterocycles. The molecule has 0 saturated heterocycles. The number of ether oxygens (including phenoxy) is 2. The number of amides is 1. The van der Waals surface area contributed by atoms with E-state index in [1.165, 1.54) is 38.5 Å². The van der Waals surface area contributed by atoms with Gasteiger partial charge in [0.15, 0.2) is 11.5 Å². The van der Waals surface area contributed by atoms with Gasteiger partial charge in [-0.05, 0) is 19.8 Å². The lowest BCUT2D eigenvalue weighted by Gasteiger charge is -2.21. The first kappa shape index (κ1) is 19.0. The standard InChI is InChI=1S/C18H26N2O5/c1-3-25-17-11-14(15(20(22)23)12-16(17)24-2)18(21)19-13-9-7-5-4-6-8-10-13/h11-13H,3-10H2,1-2H3,(H,19,21). The number of nitro benzene ring substituents is 1. The highest BCUT2D eigenvalue weighted by atomic mass is 16.6. The fraction of sp³-hybridized carbons (Fsp3) is 0.611. The highest BCUT2D eigenvalue weighted by Crippen LogP contribution is 2.35. The third-order valence-electron chi connectivity index (χ3n) is 4.46. The van der Waals surface area contributed by atoms with Crippen LogP contribution in [0.3, 0.4) is 0 Å². The van der Waals surface area contributed by atoms with Crippen molar-refractivity contribution in [2.24, 2.45) is 0 Å². The van der Waals surface area contributed by atoms with Crippen LogP contribution < -0.4 is 14.8 Å². The molecule has 1 fully saturated rings. The molecule has 1 amide bonds. The molecule has 1 N–H and O–H groups in total. The van der Waals surface area contributed by atoms with Crippen molar-refractivity contribution < 1.29 is 19.2 Å². The van der Waals surface area contributed by atoms with Crippen LogP contribution >= 0.6 is 0 Å². The van der Waals surface area contributed by atoms with Crippen molar-refractivity contribution in [3.63, 3.8) is 0 Å². The molecule has 2 rings (SSSR count). The van der Waals surface area contributed by atoms with Gasteiger partial charge in [-0.15, -0.1) is 0 Å². The maximum atomic E-state index is 12.7. The van der Waals surface area contributed by atoms with E-state index >= 15 is 0 Å². The van der Waals surface area contributed by atoms with Crippen LogP contribution in [0, 0.1) is 10.1 Å². The Morgan fingerprint density at radius 3 is 2.40 bits per heavy atom. The van der Waals surface area contributed by atoms with E-state index in [4.69, 9.17) is 9.47 Å². The molecule has 0 spiro atoms. The van der Waals surface area contributed by atoms with Gasteiger partial charge in [0.05, 0.1) is 24.7 Å². The van der Waals surface area contributed by atoms with Crippen LogP contribution in [-0.4, -0.2) is 30.6 Å². The molecule has 138 valence electrons. The van der Waals surface area contributed by atoms with Gasteiger partial charge in [0, 0.05) is 12.1 Å². The normalized spacial score (nSPS) is 15.8. The number of hydrogen-bond acceptors (Lipinski definition) is 5. The highest BCUT2D eigenvalue weighted by molar-refractivity contribution is 5.99. The number of hydrogen-bond donors (Lipinski definition) is 1. The second kappa shape index (κ2) is 9.25. The van der Waals surface area contributed by atoms with Crippen molar-refractivity contribution in [3.05, 3.63) is 27.8 Å². The lowest BCUT2D eigenvalue weighted by atomic mass is 9.96. The minimum Gasteiger partial charge on any atom is -0.493 e. The van der Waals surface area contributed by atoms with E-state index in [1.807, 2.05) is 0 Å². The van der Waals surface area contributed by atoms with Crippen LogP contribution in [0.25, 0.3) is 0 Å². The SMILES string of the molecule is CCOc1cc(C(=O)NC2CCCCCCC2)c([N+](=O)[O-])cc1OC. The fourth-order valence-corrected chi connectivity index (χ4v) is 3.17. The minimum atomic E-state index is -0.564. The Labute approximate surface area is 147 Å². The van der Waals surface area contributed by atoms with Crippen LogP contribution in [0.15, 0.2) is 12.1 Å². The van der Waals surface area contributed by atoms with E-state index in [0.29, 0.717) is 12.4 Å². The number of methoxy groups -OCH3 is 1. The van der Waals surface area contributed by atoms with Gasteiger partial charge >= 0.3 is 0 Å². The van der Waals surface area contributed by atoms with Gasteiger partial charge < -0.3 is 14.8 Å². The molecule has 1 aliphatic carbocycles. The number of benzene rings is 1. The summed E-state index contributed by atoms with van der Waals surface area (Å²) in [6, 6.07) is 2.71. The van der Waals surface area contributed by atoms with Crippen molar-refractivity contribution in [3.8, 4) is 11.5 Å². The summed E-state index contributed by atoms with van der Waals surface area (Å²) in [6.07, 6.45) is 7.54. The molecule has 1 aromatic carbocycles. The zero-order chi connectivity index (χ0) is 18.2. The summed E-state index contributed by atoms with van der Waals surface area (Å²) in [4.78, 5) is 23.5. The minimum absolute atomic E-state index is 0.0105. The highest BCUT2D eigenvalue weighted by Gasteiger charge is 2.26. The summed E-state index contributed by atoms with van der Waals surface area (Å²) in [5, 5.41) is 14.4. The van der Waals surface area contributed by atoms with Crippen molar-refractivity contribution in [2.45, 2.75) is 57.9 Å². The van der Waals surface area contributed by atoms with Crippen molar-refractivity contribution in [2.75, 3.05) is 13.7 Å². The van der Waals surface area contributed by atoms with Gasteiger partial charge in [0.1, 0.15) is 5.56 Å². The molecule has 1 aliphatic rings. The Morgan fingerprint density at radius 1 is 1.20 bits per heavy atom. The molecule has 7 nitrogen and oxygen atoms in total. The molecule has 1 aromatic rings. The van der Waals surface area contributed by atoms with Crippen LogP contribution in [0.1, 0.15) is 62.2 Å². The van der Waals surface area contributed by atoms with Crippen LogP contribution in [0.5, 0.6) is 11.5 Å². The molecule has 1 saturated carbocycles. The monoisotopic (exact) mass is 350 g/mol. The summed E-state index contributed by atoms with van der Waals surface area (Å²) >= 11 is 0. The quantitative estimate of drug-likeness (QED) is 0.622. The second-order valence-electron chi connectivity index (χ2n) is 6.23. The molecule has 0 radical (unpaired) electrons. The fourth-order valence-electron chi connectivity index (χ4n) is 3.17. The largest absolute Gasteiger partial charge is 0.493 e. The maximum Gasteiger partial charge on any atom is 0.286 e. The molecule has 0 unspecified atom stereocenters.